The summed E-state index contributed by atoms with van der Waals surface area (Å²) >= 11 is 5.88. The first-order valence-corrected chi connectivity index (χ1v) is 17.7. The van der Waals surface area contributed by atoms with Crippen molar-refractivity contribution < 1.29 is 31.7 Å². The SMILES string of the molecule is O=C(Cc1ccc(OCCCC2CCN(c3ncc(Cl)cn3)CC2)cc1F)N1C[C@H]2CCN(C(=O)CCCCS(=O)(=O)O)[C@H]2C1. The molecule has 0 spiro atoms. The Morgan fingerprint density at radius 1 is 1.02 bits per heavy atom. The molecule has 3 saturated heterocycles. The highest BCUT2D eigenvalue weighted by atomic mass is 35.5. The summed E-state index contributed by atoms with van der Waals surface area (Å²) in [4.78, 5) is 40.1. The van der Waals surface area contributed by atoms with Gasteiger partial charge in [-0.15, -0.1) is 0 Å². The highest BCUT2D eigenvalue weighted by Crippen LogP contribution is 2.33. The van der Waals surface area contributed by atoms with Crippen molar-refractivity contribution in [2.75, 3.05) is 50.0 Å². The maximum Gasteiger partial charge on any atom is 0.264 e. The van der Waals surface area contributed by atoms with Crippen molar-refractivity contribution in [3.63, 3.8) is 0 Å². The van der Waals surface area contributed by atoms with Crippen molar-refractivity contribution in [3.8, 4) is 5.75 Å². The van der Waals surface area contributed by atoms with Crippen LogP contribution < -0.4 is 9.64 Å². The predicted octanol–water partition coefficient (Wildman–Crippen LogP) is 4.00. The molecule has 11 nitrogen and oxygen atoms in total. The minimum absolute atomic E-state index is 0.0606. The monoisotopic (exact) mass is 665 g/mol. The highest BCUT2D eigenvalue weighted by molar-refractivity contribution is 7.85. The van der Waals surface area contributed by atoms with Crippen LogP contribution in [0.2, 0.25) is 5.02 Å². The highest BCUT2D eigenvalue weighted by Gasteiger charge is 2.44. The molecule has 2 atom stereocenters. The number of fused-ring (bicyclic) bond motifs is 1. The maximum absolute atomic E-state index is 14.9. The van der Waals surface area contributed by atoms with E-state index in [2.05, 4.69) is 14.9 Å². The molecule has 1 aromatic carbocycles. The molecule has 3 fully saturated rings. The second-order valence-electron chi connectivity index (χ2n) is 12.3. The summed E-state index contributed by atoms with van der Waals surface area (Å²) in [5, 5.41) is 0.525. The van der Waals surface area contributed by atoms with Crippen molar-refractivity contribution in [3.05, 3.63) is 47.0 Å². The number of halogens is 2. The number of nitrogens with zero attached hydrogens (tertiary/aromatic N) is 5. The summed E-state index contributed by atoms with van der Waals surface area (Å²) in [5.74, 6) is 0.854. The molecule has 0 saturated carbocycles. The van der Waals surface area contributed by atoms with Crippen molar-refractivity contribution >= 4 is 39.5 Å². The van der Waals surface area contributed by atoms with E-state index in [4.69, 9.17) is 20.9 Å². The summed E-state index contributed by atoms with van der Waals surface area (Å²) in [5.41, 5.74) is 0.313. The molecule has 0 aliphatic carbocycles. The molecule has 1 N–H and O–H groups in total. The molecular formula is C31H41ClFN5O6S. The van der Waals surface area contributed by atoms with Crippen LogP contribution in [0.15, 0.2) is 30.6 Å². The lowest BCUT2D eigenvalue weighted by Crippen LogP contribution is -2.41. The summed E-state index contributed by atoms with van der Waals surface area (Å²) < 4.78 is 51.4. The van der Waals surface area contributed by atoms with Crippen molar-refractivity contribution in [1.29, 1.82) is 0 Å². The van der Waals surface area contributed by atoms with Crippen LogP contribution >= 0.6 is 11.6 Å². The van der Waals surface area contributed by atoms with Gasteiger partial charge in [-0.1, -0.05) is 17.7 Å². The minimum atomic E-state index is -4.03. The molecule has 0 bridgehead atoms. The van der Waals surface area contributed by atoms with Gasteiger partial charge in [0.1, 0.15) is 11.6 Å². The van der Waals surface area contributed by atoms with E-state index in [0.29, 0.717) is 60.9 Å². The molecule has 45 heavy (non-hydrogen) atoms. The molecule has 14 heteroatoms. The molecule has 3 aliphatic heterocycles. The minimum Gasteiger partial charge on any atom is -0.493 e. The van der Waals surface area contributed by atoms with Gasteiger partial charge in [-0.2, -0.15) is 8.42 Å². The van der Waals surface area contributed by atoms with Crippen LogP contribution in [-0.2, 0) is 26.1 Å². The molecule has 1 aromatic heterocycles. The average molecular weight is 666 g/mol. The Bertz CT molecular complexity index is 1440. The zero-order chi connectivity index (χ0) is 32.0. The molecule has 3 aliphatic rings. The quantitative estimate of drug-likeness (QED) is 0.249. The van der Waals surface area contributed by atoms with E-state index >= 15 is 0 Å². The molecule has 0 radical (unpaired) electrons. The Balaban J connectivity index is 1.00. The zero-order valence-corrected chi connectivity index (χ0v) is 26.9. The fourth-order valence-corrected chi connectivity index (χ4v) is 7.33. The first-order valence-electron chi connectivity index (χ1n) is 15.7. The Morgan fingerprint density at radius 3 is 2.49 bits per heavy atom. The summed E-state index contributed by atoms with van der Waals surface area (Å²) in [6, 6.07) is 4.58. The molecule has 246 valence electrons. The number of amides is 2. The standard InChI is InChI=1S/C31H41ClFN5O6S/c32-25-18-34-31(35-19-25)36-11-8-22(9-12-36)4-3-14-44-26-7-6-23(27(33)17-26)16-30(40)37-20-24-10-13-38(28(24)21-37)29(39)5-1-2-15-45(41,42)43/h6-7,17-19,22,24,28H,1-5,8-16,20-21H2,(H,41,42,43)/t24-,28+/m1/s1. The Kier molecular flexibility index (Phi) is 11.1. The molecule has 5 rings (SSSR count). The van der Waals surface area contributed by atoms with E-state index in [1.807, 2.05) is 0 Å². The summed E-state index contributed by atoms with van der Waals surface area (Å²) in [6.45, 7) is 3.85. The largest absolute Gasteiger partial charge is 0.493 e. The van der Waals surface area contributed by atoms with Crippen LogP contribution in [0.5, 0.6) is 5.75 Å². The third-order valence-electron chi connectivity index (χ3n) is 9.16. The average Bonchev–Trinajstić information content (AvgIpc) is 3.61. The lowest BCUT2D eigenvalue weighted by Gasteiger charge is -2.31. The number of piperidine rings is 1. The van der Waals surface area contributed by atoms with Crippen LogP contribution in [0, 0.1) is 17.7 Å². The lowest BCUT2D eigenvalue weighted by atomic mass is 9.92. The van der Waals surface area contributed by atoms with Gasteiger partial charge in [-0.05, 0) is 62.5 Å². The lowest BCUT2D eigenvalue weighted by molar-refractivity contribution is -0.134. The summed E-state index contributed by atoms with van der Waals surface area (Å²) in [6.07, 6.45) is 8.75. The van der Waals surface area contributed by atoms with Gasteiger partial charge < -0.3 is 19.4 Å². The molecule has 2 amide bonds. The maximum atomic E-state index is 14.9. The van der Waals surface area contributed by atoms with Crippen LogP contribution in [0.3, 0.4) is 0 Å². The second kappa shape index (κ2) is 15.0. The molecule has 2 aromatic rings. The van der Waals surface area contributed by atoms with E-state index in [1.165, 1.54) is 6.07 Å². The topological polar surface area (TPSA) is 133 Å². The number of hydrogen-bond acceptors (Lipinski definition) is 8. The first-order chi connectivity index (χ1) is 21.6. The smallest absolute Gasteiger partial charge is 0.264 e. The van der Waals surface area contributed by atoms with Crippen LogP contribution in [0.4, 0.5) is 10.3 Å². The van der Waals surface area contributed by atoms with Crippen molar-refractivity contribution in [2.24, 2.45) is 11.8 Å². The zero-order valence-electron chi connectivity index (χ0n) is 25.3. The van der Waals surface area contributed by atoms with Crippen molar-refractivity contribution in [2.45, 2.75) is 63.8 Å². The fourth-order valence-electron chi connectivity index (χ4n) is 6.67. The number of carbonyl (C=O) groups excluding carboxylic acids is 2. The van der Waals surface area contributed by atoms with Gasteiger partial charge in [0, 0.05) is 51.1 Å². The number of aromatic nitrogens is 2. The van der Waals surface area contributed by atoms with Crippen molar-refractivity contribution in [1.82, 2.24) is 19.8 Å². The van der Waals surface area contributed by atoms with E-state index < -0.39 is 15.9 Å². The number of carbonyl (C=O) groups is 2. The number of benzene rings is 1. The Hall–Kier alpha value is -3.03. The molecular weight excluding hydrogens is 625 g/mol. The number of rotatable bonds is 13. The van der Waals surface area contributed by atoms with Gasteiger partial charge in [0.05, 0.1) is 42.2 Å². The third kappa shape index (κ3) is 9.26. The van der Waals surface area contributed by atoms with Gasteiger partial charge in [-0.3, -0.25) is 14.1 Å². The Labute approximate surface area is 268 Å². The van der Waals surface area contributed by atoms with Gasteiger partial charge in [0.2, 0.25) is 17.8 Å². The van der Waals surface area contributed by atoms with E-state index in [0.717, 1.165) is 45.2 Å². The van der Waals surface area contributed by atoms with Gasteiger partial charge in [0.25, 0.3) is 10.1 Å². The van der Waals surface area contributed by atoms with Gasteiger partial charge in [0.15, 0.2) is 0 Å². The first kappa shape index (κ1) is 33.3. The second-order valence-corrected chi connectivity index (χ2v) is 14.3. The number of unbranched alkanes of at least 4 members (excludes halogenated alkanes) is 1. The van der Waals surface area contributed by atoms with E-state index in [-0.39, 0.29) is 48.8 Å². The Morgan fingerprint density at radius 2 is 1.78 bits per heavy atom. The molecule has 0 unspecified atom stereocenters. The van der Waals surface area contributed by atoms with Crippen LogP contribution in [0.1, 0.15) is 56.9 Å². The third-order valence-corrected chi connectivity index (χ3v) is 10.2. The number of ether oxygens (including phenoxy) is 1. The predicted molar refractivity (Wildman–Crippen MR) is 167 cm³/mol. The van der Waals surface area contributed by atoms with E-state index in [1.54, 1.807) is 34.3 Å². The molecule has 4 heterocycles. The fraction of sp³-hybridized carbons (Fsp3) is 0.613. The normalized spacial score (nSPS) is 20.5. The van der Waals surface area contributed by atoms with Gasteiger partial charge in [-0.25, -0.2) is 14.4 Å². The van der Waals surface area contributed by atoms with Crippen LogP contribution in [-0.4, -0.2) is 95.7 Å². The van der Waals surface area contributed by atoms with Crippen LogP contribution in [0.25, 0.3) is 0 Å². The van der Waals surface area contributed by atoms with E-state index in [9.17, 15) is 22.4 Å². The van der Waals surface area contributed by atoms with Gasteiger partial charge >= 0.3 is 0 Å². The summed E-state index contributed by atoms with van der Waals surface area (Å²) in [7, 11) is -4.03. The number of hydrogen-bond donors (Lipinski definition) is 1. The number of anilines is 1. The number of likely N-dealkylation sites (tertiary alicyclic amines) is 2.